The Hall–Kier alpha value is -3.38. The number of hydrogen-bond donors (Lipinski definition) is 3. The summed E-state index contributed by atoms with van der Waals surface area (Å²) in [5, 5.41) is 19.1. The molecule has 2 aromatic rings. The van der Waals surface area contributed by atoms with E-state index < -0.39 is 17.6 Å². The second-order valence-corrected chi connectivity index (χ2v) is 8.43. The van der Waals surface area contributed by atoms with Crippen molar-refractivity contribution in [2.24, 2.45) is 5.92 Å². The third-order valence-corrected chi connectivity index (χ3v) is 4.51. The van der Waals surface area contributed by atoms with Crippen molar-refractivity contribution in [3.8, 4) is 17.6 Å². The van der Waals surface area contributed by atoms with E-state index in [1.54, 1.807) is 39.1 Å². The summed E-state index contributed by atoms with van der Waals surface area (Å²) in [5.41, 5.74) is 0.0295. The van der Waals surface area contributed by atoms with Crippen molar-refractivity contribution in [2.75, 3.05) is 18.6 Å². The Bertz CT molecular complexity index is 1040. The Labute approximate surface area is 181 Å². The van der Waals surface area contributed by atoms with Gasteiger partial charge in [0.05, 0.1) is 5.69 Å². The maximum Gasteiger partial charge on any atom is 0.291 e. The number of carbonyl (C=O) groups excluding carboxylic acids is 2. The molecule has 2 heterocycles. The number of rotatable bonds is 4. The summed E-state index contributed by atoms with van der Waals surface area (Å²) in [6.07, 6.45) is 0.669. The lowest BCUT2D eigenvalue weighted by molar-refractivity contribution is -0.120. The van der Waals surface area contributed by atoms with E-state index in [4.69, 9.17) is 4.74 Å². The van der Waals surface area contributed by atoms with Crippen molar-refractivity contribution < 1.29 is 19.4 Å². The molecule has 1 aromatic carbocycles. The monoisotopic (exact) mass is 425 g/mol. The van der Waals surface area contributed by atoms with E-state index in [1.807, 2.05) is 13.8 Å². The molecule has 1 aliphatic heterocycles. The summed E-state index contributed by atoms with van der Waals surface area (Å²) < 4.78 is 5.77. The molecule has 0 radical (unpaired) electrons. The highest BCUT2D eigenvalue weighted by Crippen LogP contribution is 2.31. The molecular formula is C22H27N5O4. The molecule has 164 valence electrons. The van der Waals surface area contributed by atoms with Crippen LogP contribution in [0.3, 0.4) is 0 Å². The smallest absolute Gasteiger partial charge is 0.291 e. The van der Waals surface area contributed by atoms with Crippen LogP contribution in [0.2, 0.25) is 0 Å². The number of amides is 2. The summed E-state index contributed by atoms with van der Waals surface area (Å²) in [6.45, 7) is 7.24. The van der Waals surface area contributed by atoms with Crippen molar-refractivity contribution in [1.82, 2.24) is 20.5 Å². The normalized spacial score (nSPS) is 16.2. The molecule has 0 saturated heterocycles. The number of fused-ring (bicyclic) bond motifs is 1. The average Bonchev–Trinajstić information content (AvgIpc) is 3.11. The number of hydrogen-bond acceptors (Lipinski definition) is 6. The number of carbonyl (C=O) groups is 2. The first-order chi connectivity index (χ1) is 14.5. The molecule has 2 amide bonds. The van der Waals surface area contributed by atoms with E-state index in [0.29, 0.717) is 35.2 Å². The van der Waals surface area contributed by atoms with Gasteiger partial charge in [0.25, 0.3) is 11.8 Å². The molecule has 0 saturated carbocycles. The quantitative estimate of drug-likeness (QED) is 0.635. The minimum absolute atomic E-state index is 0.0166. The summed E-state index contributed by atoms with van der Waals surface area (Å²) in [7, 11) is 1.61. The second-order valence-electron chi connectivity index (χ2n) is 8.43. The minimum Gasteiger partial charge on any atom is -0.489 e. The topological polar surface area (TPSA) is 120 Å². The lowest BCUT2D eigenvalue weighted by atomic mass is 10.1. The summed E-state index contributed by atoms with van der Waals surface area (Å²) in [5.74, 6) is 6.21. The predicted octanol–water partition coefficient (Wildman–Crippen LogP) is 1.28. The van der Waals surface area contributed by atoms with Gasteiger partial charge in [-0.2, -0.15) is 0 Å². The van der Waals surface area contributed by atoms with Gasteiger partial charge in [0.1, 0.15) is 29.8 Å². The zero-order valence-electron chi connectivity index (χ0n) is 18.3. The van der Waals surface area contributed by atoms with Crippen LogP contribution < -0.4 is 15.0 Å². The van der Waals surface area contributed by atoms with Gasteiger partial charge in [-0.25, -0.2) is 4.98 Å². The van der Waals surface area contributed by atoms with Crippen LogP contribution >= 0.6 is 0 Å². The Morgan fingerprint density at radius 1 is 1.45 bits per heavy atom. The Balaban J connectivity index is 1.75. The zero-order chi connectivity index (χ0) is 22.8. The number of aromatic nitrogens is 3. The molecule has 0 spiro atoms. The lowest BCUT2D eigenvalue weighted by Gasteiger charge is -2.20. The van der Waals surface area contributed by atoms with Gasteiger partial charge in [-0.1, -0.05) is 25.7 Å². The molecule has 0 bridgehead atoms. The van der Waals surface area contributed by atoms with Gasteiger partial charge in [0, 0.05) is 19.0 Å². The fourth-order valence-electron chi connectivity index (χ4n) is 3.00. The minimum atomic E-state index is -1.13. The fourth-order valence-corrected chi connectivity index (χ4v) is 3.00. The number of aliphatic hydroxyl groups is 1. The fraction of sp³-hybridized carbons (Fsp3) is 0.455. The number of likely N-dealkylation sites (N-methyl/N-ethyl adjacent to an activating group) is 1. The highest BCUT2D eigenvalue weighted by Gasteiger charge is 2.31. The van der Waals surface area contributed by atoms with Gasteiger partial charge in [-0.3, -0.25) is 14.7 Å². The number of anilines is 1. The summed E-state index contributed by atoms with van der Waals surface area (Å²) in [4.78, 5) is 31.1. The van der Waals surface area contributed by atoms with Crippen LogP contribution in [0, 0.1) is 17.8 Å². The molecular weight excluding hydrogens is 398 g/mol. The zero-order valence-corrected chi connectivity index (χ0v) is 18.3. The number of H-pyrrole nitrogens is 1. The van der Waals surface area contributed by atoms with Crippen molar-refractivity contribution in [1.29, 1.82) is 0 Å². The van der Waals surface area contributed by atoms with Gasteiger partial charge >= 0.3 is 0 Å². The van der Waals surface area contributed by atoms with E-state index in [-0.39, 0.29) is 18.3 Å². The Morgan fingerprint density at radius 3 is 2.87 bits per heavy atom. The van der Waals surface area contributed by atoms with Gasteiger partial charge in [-0.15, -0.1) is 5.10 Å². The van der Waals surface area contributed by atoms with Crippen molar-refractivity contribution in [3.63, 3.8) is 0 Å². The first kappa shape index (κ1) is 22.3. The number of nitrogens with zero attached hydrogens (tertiary/aromatic N) is 3. The van der Waals surface area contributed by atoms with Gasteiger partial charge in [0.2, 0.25) is 5.82 Å². The molecule has 0 fully saturated rings. The van der Waals surface area contributed by atoms with Crippen LogP contribution in [0.5, 0.6) is 5.75 Å². The third-order valence-electron chi connectivity index (χ3n) is 4.51. The molecule has 1 aromatic heterocycles. The first-order valence-electron chi connectivity index (χ1n) is 10.1. The molecule has 0 unspecified atom stereocenters. The van der Waals surface area contributed by atoms with E-state index in [9.17, 15) is 14.7 Å². The molecule has 1 atom stereocenters. The van der Waals surface area contributed by atoms with Gasteiger partial charge in [0.15, 0.2) is 0 Å². The summed E-state index contributed by atoms with van der Waals surface area (Å²) in [6, 6.07) is 4.27. The SMILES string of the molecule is CC(C)Cc1nc(C(=O)N[C@H]2COc3ccc(C#CC(C)(C)O)cc3N(C)C2=O)n[nH]1. The maximum atomic E-state index is 13.0. The van der Waals surface area contributed by atoms with Crippen molar-refractivity contribution >= 4 is 17.5 Å². The number of aromatic amines is 1. The highest BCUT2D eigenvalue weighted by molar-refractivity contribution is 6.02. The predicted molar refractivity (Wildman–Crippen MR) is 115 cm³/mol. The van der Waals surface area contributed by atoms with Crippen LogP contribution in [0.15, 0.2) is 18.2 Å². The van der Waals surface area contributed by atoms with Crippen LogP contribution in [-0.2, 0) is 11.2 Å². The summed E-state index contributed by atoms with van der Waals surface area (Å²) >= 11 is 0. The van der Waals surface area contributed by atoms with Crippen molar-refractivity contribution in [2.45, 2.75) is 45.8 Å². The number of ether oxygens (including phenoxy) is 1. The largest absolute Gasteiger partial charge is 0.489 e. The molecule has 31 heavy (non-hydrogen) atoms. The second kappa shape index (κ2) is 8.78. The van der Waals surface area contributed by atoms with Crippen LogP contribution in [0.4, 0.5) is 5.69 Å². The number of nitrogens with one attached hydrogen (secondary N) is 2. The highest BCUT2D eigenvalue weighted by atomic mass is 16.5. The molecule has 0 aliphatic carbocycles. The molecule has 3 rings (SSSR count). The standard InChI is InChI=1S/C22H27N5O4/c1-13(2)10-18-24-19(26-25-18)20(28)23-15-12-31-17-7-6-14(8-9-22(3,4)30)11-16(17)27(5)21(15)29/h6-7,11,13,15,30H,10,12H2,1-5H3,(H,23,28)(H,24,25,26)/t15-/m0/s1. The third kappa shape index (κ3) is 5.61. The maximum absolute atomic E-state index is 13.0. The van der Waals surface area contributed by atoms with Crippen LogP contribution in [0.1, 0.15) is 49.7 Å². The average molecular weight is 425 g/mol. The van der Waals surface area contributed by atoms with Crippen molar-refractivity contribution in [3.05, 3.63) is 35.4 Å². The number of benzene rings is 1. The molecule has 9 heteroatoms. The van der Waals surface area contributed by atoms with Crippen LogP contribution in [-0.4, -0.2) is 57.4 Å². The lowest BCUT2D eigenvalue weighted by Crippen LogP contribution is -2.49. The van der Waals surface area contributed by atoms with Gasteiger partial charge < -0.3 is 20.1 Å². The van der Waals surface area contributed by atoms with Gasteiger partial charge in [-0.05, 0) is 38.0 Å². The Kier molecular flexibility index (Phi) is 6.32. The van der Waals surface area contributed by atoms with Crippen LogP contribution in [0.25, 0.3) is 0 Å². The van der Waals surface area contributed by atoms with E-state index in [2.05, 4.69) is 32.3 Å². The van der Waals surface area contributed by atoms with E-state index in [0.717, 1.165) is 0 Å². The Morgan fingerprint density at radius 2 is 2.19 bits per heavy atom. The first-order valence-corrected chi connectivity index (χ1v) is 10.1. The molecule has 1 aliphatic rings. The molecule has 3 N–H and O–H groups in total. The van der Waals surface area contributed by atoms with E-state index >= 15 is 0 Å². The molecule has 9 nitrogen and oxygen atoms in total. The van der Waals surface area contributed by atoms with E-state index in [1.165, 1.54) is 4.90 Å².